The fourth-order valence-corrected chi connectivity index (χ4v) is 6.07. The number of nitrogens with zero attached hydrogens (tertiary/aromatic N) is 1. The van der Waals surface area contributed by atoms with Crippen LogP contribution in [0.15, 0.2) is 30.3 Å². The first-order valence-corrected chi connectivity index (χ1v) is 14.5. The minimum absolute atomic E-state index is 0.0404. The Labute approximate surface area is 221 Å². The summed E-state index contributed by atoms with van der Waals surface area (Å²) >= 11 is 1.72. The molecule has 2 unspecified atom stereocenters. The minimum atomic E-state index is -2.03. The van der Waals surface area contributed by atoms with Gasteiger partial charge in [-0.25, -0.2) is 0 Å². The van der Waals surface area contributed by atoms with Gasteiger partial charge in [0.1, 0.15) is 47.6 Å². The van der Waals surface area contributed by atoms with Gasteiger partial charge < -0.3 is 29.9 Å². The smallest absolute Gasteiger partial charge is 0.221 e. The normalized spacial score (nSPS) is 29.6. The van der Waals surface area contributed by atoms with Crippen molar-refractivity contribution >= 4 is 49.9 Å². The fraction of sp³-hybridized carbons (Fsp3) is 0.583. The maximum Gasteiger partial charge on any atom is 0.221 e. The number of hydrogen-bond acceptors (Lipinski definition) is 8. The molecule has 9 nitrogen and oxygen atoms in total. The number of carbonyl (C=O) groups excluding carboxylic acids is 1. The maximum atomic E-state index is 12.3. The van der Waals surface area contributed by atoms with Crippen LogP contribution >= 0.6 is 23.0 Å². The van der Waals surface area contributed by atoms with Crippen LogP contribution in [0.4, 0.5) is 0 Å². The van der Waals surface area contributed by atoms with Crippen LogP contribution in [0.2, 0.25) is 0 Å². The van der Waals surface area contributed by atoms with E-state index in [1.165, 1.54) is 0 Å². The van der Waals surface area contributed by atoms with Crippen molar-refractivity contribution in [3.05, 3.63) is 35.9 Å². The Balaban J connectivity index is 1.35. The van der Waals surface area contributed by atoms with E-state index >= 15 is 0 Å². The number of nitrogens with one attached hydrogen (secondary N) is 1. The summed E-state index contributed by atoms with van der Waals surface area (Å²) in [7, 11) is -0.168. The Hall–Kier alpha value is -1.22. The Morgan fingerprint density at radius 2 is 2.11 bits per heavy atom. The van der Waals surface area contributed by atoms with Crippen molar-refractivity contribution in [3.8, 4) is 5.75 Å². The summed E-state index contributed by atoms with van der Waals surface area (Å²) in [6.45, 7) is 2.49. The zero-order valence-electron chi connectivity index (χ0n) is 20.1. The zero-order valence-corrected chi connectivity index (χ0v) is 23.1. The molecule has 35 heavy (non-hydrogen) atoms. The second-order valence-electron chi connectivity index (χ2n) is 9.23. The summed E-state index contributed by atoms with van der Waals surface area (Å²) in [5.41, 5.74) is 2.02. The average molecular weight is 623 g/mol. The highest BCUT2D eigenvalue weighted by molar-refractivity contribution is 14.1. The van der Waals surface area contributed by atoms with E-state index in [1.54, 1.807) is 35.1 Å². The first-order valence-electron chi connectivity index (χ1n) is 11.6. The van der Waals surface area contributed by atoms with E-state index in [0.717, 1.165) is 11.1 Å². The number of rotatable bonds is 11. The van der Waals surface area contributed by atoms with E-state index < -0.39 is 28.0 Å². The highest BCUT2D eigenvalue weighted by atomic mass is 127. The van der Waals surface area contributed by atoms with Gasteiger partial charge in [0.15, 0.2) is 6.29 Å². The van der Waals surface area contributed by atoms with Crippen molar-refractivity contribution < 1.29 is 31.8 Å². The molecule has 0 aromatic heterocycles. The van der Waals surface area contributed by atoms with Crippen LogP contribution < -0.4 is 10.1 Å². The standard InChI is InChI=1S/C24H35IN2O7S/c1-16-12-21(23(30)24(33-16)34-25)27(2)10-8-22(29)26-13-19(28)14-32-20-6-4-17(5-7-20)18-9-11-35(3,31)15-18/h4-7,9,16,19,21,23-24,28,30H,3,8,10-15H2,1-2H3,(H,26,29)/t16?,19-,21+,23-,24+,35?/m1/s1. The lowest BCUT2D eigenvalue weighted by Crippen LogP contribution is -2.54. The number of halogens is 1. The van der Waals surface area contributed by atoms with Crippen molar-refractivity contribution in [2.75, 3.05) is 38.2 Å². The van der Waals surface area contributed by atoms with Crippen LogP contribution in [0.5, 0.6) is 5.75 Å². The molecule has 0 radical (unpaired) electrons. The van der Waals surface area contributed by atoms with E-state index in [-0.39, 0.29) is 37.6 Å². The van der Waals surface area contributed by atoms with E-state index in [9.17, 15) is 19.2 Å². The van der Waals surface area contributed by atoms with E-state index in [2.05, 4.69) is 11.2 Å². The Bertz CT molecular complexity index is 986. The van der Waals surface area contributed by atoms with Gasteiger partial charge in [0, 0.05) is 37.1 Å². The molecule has 3 N–H and O–H groups in total. The van der Waals surface area contributed by atoms with E-state index in [0.29, 0.717) is 30.2 Å². The lowest BCUT2D eigenvalue weighted by molar-refractivity contribution is -0.206. The number of carbonyl (C=O) groups is 1. The zero-order chi connectivity index (χ0) is 25.6. The molecule has 0 spiro atoms. The first kappa shape index (κ1) is 28.4. The molecule has 1 saturated heterocycles. The molecular weight excluding hydrogens is 587 g/mol. The number of amides is 1. The van der Waals surface area contributed by atoms with Crippen molar-refractivity contribution in [3.63, 3.8) is 0 Å². The first-order chi connectivity index (χ1) is 16.6. The van der Waals surface area contributed by atoms with Crippen LogP contribution in [0.25, 0.3) is 5.57 Å². The molecule has 196 valence electrons. The second-order valence-corrected chi connectivity index (χ2v) is 12.3. The molecule has 1 fully saturated rings. The fourth-order valence-electron chi connectivity index (χ4n) is 4.18. The van der Waals surface area contributed by atoms with Gasteiger partial charge in [-0.2, -0.15) is 0 Å². The van der Waals surface area contributed by atoms with Crippen LogP contribution in [0.3, 0.4) is 0 Å². The number of aliphatic hydroxyl groups excluding tert-OH is 2. The van der Waals surface area contributed by atoms with Crippen LogP contribution in [-0.4, -0.2) is 100.0 Å². The summed E-state index contributed by atoms with van der Waals surface area (Å²) in [5.74, 6) is 5.18. The molecule has 2 heterocycles. The van der Waals surface area contributed by atoms with Gasteiger partial charge in [-0.05, 0) is 59.1 Å². The molecule has 2 aliphatic rings. The Morgan fingerprint density at radius 3 is 2.74 bits per heavy atom. The van der Waals surface area contributed by atoms with Gasteiger partial charge in [0.25, 0.3) is 0 Å². The third kappa shape index (κ3) is 8.41. The predicted octanol–water partition coefficient (Wildman–Crippen LogP) is 1.21. The molecule has 2 aliphatic heterocycles. The van der Waals surface area contributed by atoms with Crippen LogP contribution in [0, 0.1) is 0 Å². The topological polar surface area (TPSA) is 118 Å². The van der Waals surface area contributed by atoms with E-state index in [4.69, 9.17) is 12.5 Å². The summed E-state index contributed by atoms with van der Waals surface area (Å²) in [5, 5.41) is 23.3. The van der Waals surface area contributed by atoms with Gasteiger partial charge >= 0.3 is 0 Å². The average Bonchev–Trinajstić information content (AvgIpc) is 3.20. The molecule has 1 amide bonds. The third-order valence-electron chi connectivity index (χ3n) is 6.21. The van der Waals surface area contributed by atoms with Gasteiger partial charge in [-0.15, -0.1) is 0 Å². The molecule has 6 atom stereocenters. The molecule has 0 saturated carbocycles. The highest BCUT2D eigenvalue weighted by Crippen LogP contribution is 2.26. The quantitative estimate of drug-likeness (QED) is 0.249. The number of aliphatic hydroxyl groups is 2. The number of benzene rings is 1. The summed E-state index contributed by atoms with van der Waals surface area (Å²) < 4.78 is 28.4. The van der Waals surface area contributed by atoms with Crippen molar-refractivity contribution in [1.29, 1.82) is 0 Å². The minimum Gasteiger partial charge on any atom is -0.491 e. The van der Waals surface area contributed by atoms with Gasteiger partial charge in [-0.3, -0.25) is 12.1 Å². The largest absolute Gasteiger partial charge is 0.491 e. The number of hydrogen-bond donors (Lipinski definition) is 3. The molecule has 1 aromatic carbocycles. The third-order valence-corrected chi connectivity index (χ3v) is 8.33. The monoisotopic (exact) mass is 622 g/mol. The lowest BCUT2D eigenvalue weighted by atomic mass is 9.99. The SMILES string of the molecule is C=S1(=O)CC=C(c2ccc(OC[C@H](O)CNC(=O)CCN(C)[C@H]3CC(C)O[C@@H](OI)[C@@H]3O)cc2)C1. The van der Waals surface area contributed by atoms with E-state index in [1.807, 2.05) is 37.1 Å². The second kappa shape index (κ2) is 12.8. The van der Waals surface area contributed by atoms with Crippen molar-refractivity contribution in [1.82, 2.24) is 10.2 Å². The predicted molar refractivity (Wildman–Crippen MR) is 145 cm³/mol. The van der Waals surface area contributed by atoms with Crippen molar-refractivity contribution in [2.45, 2.75) is 50.4 Å². The Morgan fingerprint density at radius 1 is 1.40 bits per heavy atom. The van der Waals surface area contributed by atoms with Gasteiger partial charge in [0.2, 0.25) is 5.91 Å². The molecule has 1 aromatic rings. The van der Waals surface area contributed by atoms with Gasteiger partial charge in [-0.1, -0.05) is 18.2 Å². The Kier molecular flexibility index (Phi) is 10.4. The summed E-state index contributed by atoms with van der Waals surface area (Å²) in [6, 6.07) is 7.23. The number of likely N-dealkylation sites (N-methyl/N-ethyl adjacent to an activating group) is 1. The molecule has 11 heteroatoms. The number of ether oxygens (including phenoxy) is 2. The molecule has 0 aliphatic carbocycles. The summed E-state index contributed by atoms with van der Waals surface area (Å²) in [4.78, 5) is 14.2. The van der Waals surface area contributed by atoms with Gasteiger partial charge in [0.05, 0.1) is 6.10 Å². The van der Waals surface area contributed by atoms with Crippen LogP contribution in [0.1, 0.15) is 25.3 Å². The molecule has 0 bridgehead atoms. The lowest BCUT2D eigenvalue weighted by Gasteiger charge is -2.41. The summed E-state index contributed by atoms with van der Waals surface area (Å²) in [6.07, 6.45) is 0.429. The van der Waals surface area contributed by atoms with Crippen LogP contribution in [-0.2, 0) is 22.1 Å². The maximum absolute atomic E-state index is 12.3. The molecular formula is C24H35IN2O7S. The molecule has 3 rings (SSSR count). The highest BCUT2D eigenvalue weighted by Gasteiger charge is 2.38. The van der Waals surface area contributed by atoms with Crippen molar-refractivity contribution in [2.24, 2.45) is 0 Å².